The van der Waals surface area contributed by atoms with Crippen molar-refractivity contribution in [3.8, 4) is 0 Å². The molecular weight excluding hydrogens is 232 g/mol. The van der Waals surface area contributed by atoms with Gasteiger partial charge >= 0.3 is 0 Å². The summed E-state index contributed by atoms with van der Waals surface area (Å²) in [6, 6.07) is 11.4. The zero-order valence-corrected chi connectivity index (χ0v) is 12.6. The molecule has 0 heterocycles. The Bertz CT molecular complexity index is 363. The number of rotatable bonds is 5. The molecular formula is C17H28N2. The highest BCUT2D eigenvalue weighted by Gasteiger charge is 2.29. The van der Waals surface area contributed by atoms with Gasteiger partial charge in [0.2, 0.25) is 0 Å². The van der Waals surface area contributed by atoms with Crippen LogP contribution in [0.5, 0.6) is 0 Å². The van der Waals surface area contributed by atoms with E-state index in [-0.39, 0.29) is 0 Å². The van der Waals surface area contributed by atoms with Gasteiger partial charge in [-0.1, -0.05) is 31.5 Å². The van der Waals surface area contributed by atoms with Crippen LogP contribution in [0, 0.1) is 11.8 Å². The van der Waals surface area contributed by atoms with Gasteiger partial charge in [0.1, 0.15) is 0 Å². The van der Waals surface area contributed by atoms with Gasteiger partial charge in [-0.3, -0.25) is 0 Å². The molecule has 0 saturated heterocycles. The second-order valence-corrected chi connectivity index (χ2v) is 5.96. The predicted octanol–water partition coefficient (Wildman–Crippen LogP) is 3.54. The molecule has 1 aromatic carbocycles. The van der Waals surface area contributed by atoms with Gasteiger partial charge in [-0.05, 0) is 50.3 Å². The normalized spacial score (nSPS) is 27.2. The Morgan fingerprint density at radius 1 is 1.21 bits per heavy atom. The average Bonchev–Trinajstić information content (AvgIpc) is 2.48. The highest BCUT2D eigenvalue weighted by molar-refractivity contribution is 5.45. The van der Waals surface area contributed by atoms with Gasteiger partial charge in [-0.2, -0.15) is 0 Å². The van der Waals surface area contributed by atoms with E-state index in [0.717, 1.165) is 18.4 Å². The van der Waals surface area contributed by atoms with Crippen molar-refractivity contribution < 1.29 is 0 Å². The van der Waals surface area contributed by atoms with E-state index in [1.165, 1.54) is 31.4 Å². The maximum absolute atomic E-state index is 3.53. The molecule has 1 aromatic rings. The molecule has 0 bridgehead atoms. The molecule has 2 rings (SSSR count). The minimum Gasteiger partial charge on any atom is -0.374 e. The van der Waals surface area contributed by atoms with Gasteiger partial charge in [0.15, 0.2) is 0 Å². The highest BCUT2D eigenvalue weighted by atomic mass is 15.1. The van der Waals surface area contributed by atoms with Crippen molar-refractivity contribution in [2.24, 2.45) is 11.8 Å². The fourth-order valence-corrected chi connectivity index (χ4v) is 3.45. The number of anilines is 1. The Morgan fingerprint density at radius 2 is 1.95 bits per heavy atom. The van der Waals surface area contributed by atoms with Crippen LogP contribution in [0.25, 0.3) is 0 Å². The summed E-state index contributed by atoms with van der Waals surface area (Å²) in [5.74, 6) is 1.70. The third-order valence-electron chi connectivity index (χ3n) is 4.74. The lowest BCUT2D eigenvalue weighted by Gasteiger charge is -2.38. The van der Waals surface area contributed by atoms with Crippen molar-refractivity contribution in [2.75, 3.05) is 25.5 Å². The average molecular weight is 260 g/mol. The minimum absolute atomic E-state index is 0.689. The van der Waals surface area contributed by atoms with Crippen molar-refractivity contribution in [1.29, 1.82) is 0 Å². The Labute approximate surface area is 118 Å². The fraction of sp³-hybridized carbons (Fsp3) is 0.647. The molecule has 19 heavy (non-hydrogen) atoms. The first kappa shape index (κ1) is 14.4. The topological polar surface area (TPSA) is 15.3 Å². The van der Waals surface area contributed by atoms with E-state index in [0.29, 0.717) is 6.04 Å². The van der Waals surface area contributed by atoms with Crippen LogP contribution in [0.4, 0.5) is 5.69 Å². The quantitative estimate of drug-likeness (QED) is 0.871. The number of benzene rings is 1. The third-order valence-corrected chi connectivity index (χ3v) is 4.74. The van der Waals surface area contributed by atoms with Crippen molar-refractivity contribution in [1.82, 2.24) is 5.32 Å². The van der Waals surface area contributed by atoms with Gasteiger partial charge < -0.3 is 10.2 Å². The molecule has 1 N–H and O–H groups in total. The molecule has 3 unspecified atom stereocenters. The first-order chi connectivity index (χ1) is 9.24. The van der Waals surface area contributed by atoms with E-state index < -0.39 is 0 Å². The fourth-order valence-electron chi connectivity index (χ4n) is 3.45. The molecule has 1 aliphatic carbocycles. The third kappa shape index (κ3) is 3.73. The molecule has 2 heteroatoms. The summed E-state index contributed by atoms with van der Waals surface area (Å²) in [4.78, 5) is 2.41. The van der Waals surface area contributed by atoms with E-state index in [2.05, 4.69) is 61.6 Å². The Morgan fingerprint density at radius 3 is 2.58 bits per heavy atom. The van der Waals surface area contributed by atoms with Crippen LogP contribution in [0.1, 0.15) is 32.6 Å². The molecule has 0 aliphatic heterocycles. The van der Waals surface area contributed by atoms with Gasteiger partial charge in [-0.25, -0.2) is 0 Å². The summed E-state index contributed by atoms with van der Waals surface area (Å²) < 4.78 is 0. The molecule has 0 aromatic heterocycles. The molecule has 1 fully saturated rings. The van der Waals surface area contributed by atoms with Crippen LogP contribution in [0.2, 0.25) is 0 Å². The molecule has 0 amide bonds. The Hall–Kier alpha value is -1.02. The standard InChI is InChI=1S/C17H28N2/c1-4-14-10-11-17(18-2)15(12-14)13-19(3)16-8-6-5-7-9-16/h5-9,14-15,17-18H,4,10-13H2,1-3H3. The molecule has 1 saturated carbocycles. The minimum atomic E-state index is 0.689. The molecule has 1 aliphatic rings. The number of para-hydroxylation sites is 1. The number of nitrogens with zero attached hydrogens (tertiary/aromatic N) is 1. The van der Waals surface area contributed by atoms with Crippen molar-refractivity contribution in [2.45, 2.75) is 38.6 Å². The van der Waals surface area contributed by atoms with E-state index in [4.69, 9.17) is 0 Å². The first-order valence-electron chi connectivity index (χ1n) is 7.68. The summed E-state index contributed by atoms with van der Waals surface area (Å²) in [7, 11) is 4.34. The van der Waals surface area contributed by atoms with Gasteiger partial charge in [0.25, 0.3) is 0 Å². The van der Waals surface area contributed by atoms with Crippen LogP contribution >= 0.6 is 0 Å². The van der Waals surface area contributed by atoms with Crippen LogP contribution in [-0.2, 0) is 0 Å². The monoisotopic (exact) mass is 260 g/mol. The second kappa shape index (κ2) is 6.95. The molecule has 0 radical (unpaired) electrons. The lowest BCUT2D eigenvalue weighted by molar-refractivity contribution is 0.210. The largest absolute Gasteiger partial charge is 0.374 e. The molecule has 0 spiro atoms. The summed E-state index contributed by atoms with van der Waals surface area (Å²) in [6.07, 6.45) is 5.44. The van der Waals surface area contributed by atoms with Crippen LogP contribution in [0.15, 0.2) is 30.3 Å². The lowest BCUT2D eigenvalue weighted by atomic mass is 9.76. The van der Waals surface area contributed by atoms with Crippen molar-refractivity contribution >= 4 is 5.69 Å². The zero-order chi connectivity index (χ0) is 13.7. The predicted molar refractivity (Wildman–Crippen MR) is 83.7 cm³/mol. The maximum atomic E-state index is 3.53. The number of nitrogens with one attached hydrogen (secondary N) is 1. The van der Waals surface area contributed by atoms with E-state index in [9.17, 15) is 0 Å². The molecule has 2 nitrogen and oxygen atoms in total. The summed E-state index contributed by atoms with van der Waals surface area (Å²) in [6.45, 7) is 3.49. The van der Waals surface area contributed by atoms with Gasteiger partial charge in [0.05, 0.1) is 0 Å². The number of hydrogen-bond acceptors (Lipinski definition) is 2. The second-order valence-electron chi connectivity index (χ2n) is 5.96. The van der Waals surface area contributed by atoms with E-state index >= 15 is 0 Å². The van der Waals surface area contributed by atoms with E-state index in [1.807, 2.05) is 0 Å². The first-order valence-corrected chi connectivity index (χ1v) is 7.68. The summed E-state index contributed by atoms with van der Waals surface area (Å²) in [5, 5.41) is 3.53. The van der Waals surface area contributed by atoms with Crippen LogP contribution in [-0.4, -0.2) is 26.7 Å². The molecule has 106 valence electrons. The van der Waals surface area contributed by atoms with Gasteiger partial charge in [-0.15, -0.1) is 0 Å². The Balaban J connectivity index is 1.98. The van der Waals surface area contributed by atoms with E-state index in [1.54, 1.807) is 0 Å². The SMILES string of the molecule is CCC1CCC(NC)C(CN(C)c2ccccc2)C1. The number of hydrogen-bond donors (Lipinski definition) is 1. The highest BCUT2D eigenvalue weighted by Crippen LogP contribution is 2.32. The zero-order valence-electron chi connectivity index (χ0n) is 12.6. The van der Waals surface area contributed by atoms with Crippen LogP contribution < -0.4 is 10.2 Å². The van der Waals surface area contributed by atoms with Crippen LogP contribution in [0.3, 0.4) is 0 Å². The lowest BCUT2D eigenvalue weighted by Crippen LogP contribution is -2.43. The summed E-state index contributed by atoms with van der Waals surface area (Å²) >= 11 is 0. The Kier molecular flexibility index (Phi) is 5.26. The molecule has 3 atom stereocenters. The smallest absolute Gasteiger partial charge is 0.0363 e. The van der Waals surface area contributed by atoms with Crippen molar-refractivity contribution in [3.05, 3.63) is 30.3 Å². The van der Waals surface area contributed by atoms with Crippen molar-refractivity contribution in [3.63, 3.8) is 0 Å². The summed E-state index contributed by atoms with van der Waals surface area (Å²) in [5.41, 5.74) is 1.33. The maximum Gasteiger partial charge on any atom is 0.0363 e. The van der Waals surface area contributed by atoms with Gasteiger partial charge in [0, 0.05) is 25.3 Å².